The Hall–Kier alpha value is -5.42. The Balaban J connectivity index is 1.42. The van der Waals surface area contributed by atoms with Gasteiger partial charge in [0.25, 0.3) is 0 Å². The van der Waals surface area contributed by atoms with Crippen LogP contribution in [0.4, 0.5) is 0 Å². The molecule has 5 atom stereocenters. The van der Waals surface area contributed by atoms with E-state index in [0.29, 0.717) is 0 Å². The normalized spacial score (nSPS) is 20.6. The van der Waals surface area contributed by atoms with Gasteiger partial charge < -0.3 is 68.2 Å². The first-order valence-corrected chi connectivity index (χ1v) is 14.1. The predicted octanol–water partition coefficient (Wildman–Crippen LogP) is 1.65. The van der Waals surface area contributed by atoms with Crippen molar-refractivity contribution in [2.75, 3.05) is 35.0 Å². The highest BCUT2D eigenvalue weighted by Gasteiger charge is 2.46. The Morgan fingerprint density at radius 1 is 0.792 bits per heavy atom. The molecular formula is C32H32O16. The van der Waals surface area contributed by atoms with Crippen LogP contribution in [-0.2, 0) is 9.47 Å². The van der Waals surface area contributed by atoms with Crippen LogP contribution >= 0.6 is 0 Å². The molecule has 0 spiro atoms. The van der Waals surface area contributed by atoms with Crippen molar-refractivity contribution in [3.63, 3.8) is 0 Å². The number of phenolic OH excluding ortho intramolecular Hbond substituents is 3. The zero-order chi connectivity index (χ0) is 34.9. The van der Waals surface area contributed by atoms with Gasteiger partial charge in [0.05, 0.1) is 39.6 Å². The van der Waals surface area contributed by atoms with E-state index >= 15 is 0 Å². The fourth-order valence-corrected chi connectivity index (χ4v) is 5.13. The molecule has 6 N–H and O–H groups in total. The van der Waals surface area contributed by atoms with Crippen LogP contribution in [0.1, 0.15) is 10.4 Å². The molecule has 0 aliphatic carbocycles. The molecule has 3 aromatic carbocycles. The molecule has 48 heavy (non-hydrogen) atoms. The fourth-order valence-electron chi connectivity index (χ4n) is 5.13. The van der Waals surface area contributed by atoms with Gasteiger partial charge in [0, 0.05) is 6.07 Å². The van der Waals surface area contributed by atoms with E-state index in [1.54, 1.807) is 0 Å². The van der Waals surface area contributed by atoms with Crippen molar-refractivity contribution in [1.29, 1.82) is 0 Å². The number of aliphatic hydroxyl groups is 3. The third-order valence-corrected chi connectivity index (χ3v) is 7.64. The van der Waals surface area contributed by atoms with Crippen molar-refractivity contribution in [2.24, 2.45) is 0 Å². The highest BCUT2D eigenvalue weighted by atomic mass is 16.7. The van der Waals surface area contributed by atoms with Gasteiger partial charge in [0.2, 0.25) is 23.2 Å². The molecule has 1 aliphatic heterocycles. The molecule has 2 heterocycles. The highest BCUT2D eigenvalue weighted by Crippen LogP contribution is 2.44. The van der Waals surface area contributed by atoms with Crippen LogP contribution in [0.3, 0.4) is 0 Å². The van der Waals surface area contributed by atoms with Crippen LogP contribution < -0.4 is 29.1 Å². The summed E-state index contributed by atoms with van der Waals surface area (Å²) in [6.07, 6.45) is -7.44. The molecule has 1 saturated heterocycles. The molecule has 1 aliphatic rings. The highest BCUT2D eigenvalue weighted by molar-refractivity contribution is 5.92. The molecular weight excluding hydrogens is 640 g/mol. The average molecular weight is 673 g/mol. The summed E-state index contributed by atoms with van der Waals surface area (Å²) in [7, 11) is 5.14. The van der Waals surface area contributed by atoms with Gasteiger partial charge >= 0.3 is 5.97 Å². The molecule has 16 heteroatoms. The predicted molar refractivity (Wildman–Crippen MR) is 163 cm³/mol. The molecule has 1 fully saturated rings. The lowest BCUT2D eigenvalue weighted by Gasteiger charge is -2.40. The van der Waals surface area contributed by atoms with Crippen LogP contribution in [0.25, 0.3) is 22.1 Å². The van der Waals surface area contributed by atoms with Crippen molar-refractivity contribution in [3.05, 3.63) is 58.4 Å². The number of phenols is 3. The second-order valence-electron chi connectivity index (χ2n) is 10.5. The molecule has 5 unspecified atom stereocenters. The molecule has 256 valence electrons. The van der Waals surface area contributed by atoms with E-state index in [4.69, 9.17) is 37.6 Å². The van der Waals surface area contributed by atoms with E-state index in [1.807, 2.05) is 0 Å². The van der Waals surface area contributed by atoms with Crippen LogP contribution in [0.5, 0.6) is 46.0 Å². The second kappa shape index (κ2) is 13.7. The number of carbonyl (C=O) groups excluding carboxylic acids is 1. The third-order valence-electron chi connectivity index (χ3n) is 7.64. The lowest BCUT2D eigenvalue weighted by atomic mass is 9.99. The first-order valence-electron chi connectivity index (χ1n) is 14.1. The maximum atomic E-state index is 13.6. The summed E-state index contributed by atoms with van der Waals surface area (Å²) in [5, 5.41) is 62.7. The number of carbonyl (C=O) groups is 1. The lowest BCUT2D eigenvalue weighted by Crippen LogP contribution is -2.60. The largest absolute Gasteiger partial charge is 0.504 e. The standard InChI is InChI=1S/C32H32O16/c1-41-18-8-13(5-6-16(18)33)31(40)46-12-22-25(36)27(38)28(39)32(48-22)47-21-10-19-23(26(37)30(21)44-4)24(35)15(11-45-19)14-7-17(34)29(43-3)20(9-14)42-2/h5-11,22,25,27-28,32-34,36-39H,12H2,1-4H3. The van der Waals surface area contributed by atoms with Gasteiger partial charge in [-0.25, -0.2) is 4.79 Å². The molecule has 0 saturated carbocycles. The van der Waals surface area contributed by atoms with E-state index in [1.165, 1.54) is 64.8 Å². The number of esters is 1. The Bertz CT molecular complexity index is 1880. The minimum absolute atomic E-state index is 0.00675. The molecule has 5 rings (SSSR count). The third kappa shape index (κ3) is 6.16. The molecule has 0 bridgehead atoms. The van der Waals surface area contributed by atoms with Crippen LogP contribution in [0.2, 0.25) is 0 Å². The summed E-state index contributed by atoms with van der Waals surface area (Å²) < 4.78 is 42.9. The van der Waals surface area contributed by atoms with Crippen LogP contribution in [-0.4, -0.2) is 102 Å². The lowest BCUT2D eigenvalue weighted by molar-refractivity contribution is -0.277. The Morgan fingerprint density at radius 2 is 1.50 bits per heavy atom. The minimum atomic E-state index is -1.84. The van der Waals surface area contributed by atoms with Crippen LogP contribution in [0, 0.1) is 0 Å². The Kier molecular flexibility index (Phi) is 9.72. The number of aromatic hydroxyl groups is 3. The number of hydrogen-bond acceptors (Lipinski definition) is 16. The van der Waals surface area contributed by atoms with Crippen molar-refractivity contribution in [2.45, 2.75) is 30.7 Å². The van der Waals surface area contributed by atoms with E-state index in [2.05, 4.69) is 0 Å². The molecule has 0 radical (unpaired) electrons. The first kappa shape index (κ1) is 33.9. The monoisotopic (exact) mass is 672 g/mol. The van der Waals surface area contributed by atoms with Gasteiger partial charge in [-0.15, -0.1) is 0 Å². The van der Waals surface area contributed by atoms with Gasteiger partial charge in [-0.05, 0) is 35.9 Å². The van der Waals surface area contributed by atoms with E-state index in [0.717, 1.165) is 6.26 Å². The van der Waals surface area contributed by atoms with Gasteiger partial charge in [0.15, 0.2) is 34.5 Å². The van der Waals surface area contributed by atoms with Gasteiger partial charge in [0.1, 0.15) is 48.3 Å². The molecule has 16 nitrogen and oxygen atoms in total. The zero-order valence-electron chi connectivity index (χ0n) is 25.9. The Labute approximate surface area is 271 Å². The summed E-state index contributed by atoms with van der Waals surface area (Å²) >= 11 is 0. The van der Waals surface area contributed by atoms with E-state index in [-0.39, 0.29) is 67.9 Å². The second-order valence-corrected chi connectivity index (χ2v) is 10.5. The average Bonchev–Trinajstić information content (AvgIpc) is 3.07. The first-order chi connectivity index (χ1) is 22.9. The minimum Gasteiger partial charge on any atom is -0.504 e. The van der Waals surface area contributed by atoms with Gasteiger partial charge in [-0.2, -0.15) is 0 Å². The smallest absolute Gasteiger partial charge is 0.338 e. The summed E-state index contributed by atoms with van der Waals surface area (Å²) in [6, 6.07) is 7.59. The van der Waals surface area contributed by atoms with E-state index in [9.17, 15) is 40.2 Å². The SMILES string of the molecule is COc1cc(C(=O)OCC2OC(Oc3cc4occ(-c5cc(O)c(OC)c(OC)c5)c(=O)c4c(O)c3OC)C(O)C(O)C2O)ccc1O. The number of fused-ring (bicyclic) bond motifs is 1. The van der Waals surface area contributed by atoms with E-state index < -0.39 is 54.5 Å². The quantitative estimate of drug-likeness (QED) is 0.131. The molecule has 1 aromatic heterocycles. The number of benzene rings is 3. The molecule has 0 amide bonds. The number of aliphatic hydroxyl groups excluding tert-OH is 3. The number of methoxy groups -OCH3 is 4. The number of rotatable bonds is 10. The fraction of sp³-hybridized carbons (Fsp3) is 0.312. The van der Waals surface area contributed by atoms with Gasteiger partial charge in [-0.3, -0.25) is 4.79 Å². The number of ether oxygens (including phenoxy) is 7. The van der Waals surface area contributed by atoms with Crippen molar-refractivity contribution in [3.8, 4) is 57.1 Å². The molecule has 4 aromatic rings. The summed E-state index contributed by atoms with van der Waals surface area (Å²) in [5.41, 5.74) is -0.765. The maximum Gasteiger partial charge on any atom is 0.338 e. The van der Waals surface area contributed by atoms with Crippen LogP contribution in [0.15, 0.2) is 51.9 Å². The summed E-state index contributed by atoms with van der Waals surface area (Å²) in [6.45, 7) is -0.601. The van der Waals surface area contributed by atoms with Crippen molar-refractivity contribution >= 4 is 16.9 Å². The zero-order valence-corrected chi connectivity index (χ0v) is 25.9. The van der Waals surface area contributed by atoms with Crippen molar-refractivity contribution in [1.82, 2.24) is 0 Å². The summed E-state index contributed by atoms with van der Waals surface area (Å²) in [4.78, 5) is 26.2. The van der Waals surface area contributed by atoms with Gasteiger partial charge in [-0.1, -0.05) is 0 Å². The summed E-state index contributed by atoms with van der Waals surface area (Å²) in [5.74, 6) is -2.57. The Morgan fingerprint density at radius 3 is 2.17 bits per heavy atom. The number of hydrogen-bond donors (Lipinski definition) is 6. The van der Waals surface area contributed by atoms with Crippen molar-refractivity contribution < 1.29 is 73.0 Å². The maximum absolute atomic E-state index is 13.6. The topological polar surface area (TPSA) is 233 Å².